The lowest BCUT2D eigenvalue weighted by atomic mass is 9.91. The normalized spacial score (nSPS) is 20.3. The molecule has 0 radical (unpaired) electrons. The van der Waals surface area contributed by atoms with Crippen LogP contribution in [0.25, 0.3) is 0 Å². The lowest BCUT2D eigenvalue weighted by Crippen LogP contribution is -2.19. The minimum atomic E-state index is -2.78. The van der Waals surface area contributed by atoms with Crippen molar-refractivity contribution in [2.24, 2.45) is 0 Å². The van der Waals surface area contributed by atoms with Crippen molar-refractivity contribution in [3.63, 3.8) is 0 Å². The first-order chi connectivity index (χ1) is 10.2. The summed E-state index contributed by atoms with van der Waals surface area (Å²) in [6.07, 6.45) is 9.45. The summed E-state index contributed by atoms with van der Waals surface area (Å²) < 4.78 is 29.2. The molecule has 1 aromatic rings. The van der Waals surface area contributed by atoms with E-state index in [1.165, 1.54) is 31.3 Å². The maximum absolute atomic E-state index is 12.3. The van der Waals surface area contributed by atoms with Crippen LogP contribution in [0.3, 0.4) is 0 Å². The van der Waals surface area contributed by atoms with Crippen LogP contribution in [0.15, 0.2) is 35.9 Å². The standard InChI is InChI=1S/C17H23F2NO/c1-20-16(13-8-5-3-2-4-6-9-13)14-10-7-11-15(12-14)21-17(18)19/h7-8,10-12,16-17,20H,2-6,9H2,1H3/b13-8+. The first kappa shape index (κ1) is 16.0. The van der Waals surface area contributed by atoms with Crippen LogP contribution in [0.1, 0.15) is 50.1 Å². The molecule has 2 nitrogen and oxygen atoms in total. The second-order valence-corrected chi connectivity index (χ2v) is 5.40. The first-order valence-corrected chi connectivity index (χ1v) is 7.61. The van der Waals surface area contributed by atoms with E-state index < -0.39 is 6.61 Å². The monoisotopic (exact) mass is 295 g/mol. The highest BCUT2D eigenvalue weighted by Gasteiger charge is 2.16. The van der Waals surface area contributed by atoms with Crippen molar-refractivity contribution in [1.82, 2.24) is 5.32 Å². The largest absolute Gasteiger partial charge is 0.435 e. The van der Waals surface area contributed by atoms with Gasteiger partial charge in [0.15, 0.2) is 0 Å². The van der Waals surface area contributed by atoms with E-state index in [0.29, 0.717) is 0 Å². The molecule has 0 aromatic heterocycles. The van der Waals surface area contributed by atoms with Crippen LogP contribution in [0, 0.1) is 0 Å². The van der Waals surface area contributed by atoms with Gasteiger partial charge in [0.1, 0.15) is 5.75 Å². The van der Waals surface area contributed by atoms with Gasteiger partial charge in [0.2, 0.25) is 0 Å². The maximum atomic E-state index is 12.3. The highest BCUT2D eigenvalue weighted by atomic mass is 19.3. The molecule has 0 aliphatic heterocycles. The average molecular weight is 295 g/mol. The molecule has 0 bridgehead atoms. The van der Waals surface area contributed by atoms with Crippen molar-refractivity contribution < 1.29 is 13.5 Å². The molecule has 0 amide bonds. The number of nitrogens with one attached hydrogen (secondary N) is 1. The van der Waals surface area contributed by atoms with Gasteiger partial charge in [-0.2, -0.15) is 8.78 Å². The van der Waals surface area contributed by atoms with Crippen LogP contribution < -0.4 is 10.1 Å². The number of hydrogen-bond donors (Lipinski definition) is 1. The molecule has 4 heteroatoms. The Hall–Kier alpha value is -1.42. The molecule has 0 fully saturated rings. The van der Waals surface area contributed by atoms with Crippen LogP contribution >= 0.6 is 0 Å². The molecule has 1 aliphatic rings. The average Bonchev–Trinajstić information content (AvgIpc) is 2.41. The molecular formula is C17H23F2NO. The van der Waals surface area contributed by atoms with Crippen molar-refractivity contribution in [2.45, 2.75) is 51.2 Å². The second-order valence-electron chi connectivity index (χ2n) is 5.40. The molecule has 1 unspecified atom stereocenters. The van der Waals surface area contributed by atoms with E-state index in [1.54, 1.807) is 18.2 Å². The Bertz CT molecular complexity index is 474. The zero-order valence-electron chi connectivity index (χ0n) is 12.4. The second kappa shape index (κ2) is 8.13. The van der Waals surface area contributed by atoms with Crippen molar-refractivity contribution in [2.75, 3.05) is 7.05 Å². The van der Waals surface area contributed by atoms with Gasteiger partial charge in [0.25, 0.3) is 0 Å². The van der Waals surface area contributed by atoms with Gasteiger partial charge in [-0.3, -0.25) is 0 Å². The summed E-state index contributed by atoms with van der Waals surface area (Å²) in [5.74, 6) is 0.217. The predicted octanol–water partition coefficient (Wildman–Crippen LogP) is 4.83. The Morgan fingerprint density at radius 3 is 2.71 bits per heavy atom. The Morgan fingerprint density at radius 1 is 1.14 bits per heavy atom. The van der Waals surface area contributed by atoms with E-state index in [4.69, 9.17) is 0 Å². The molecule has 2 rings (SSSR count). The van der Waals surface area contributed by atoms with Gasteiger partial charge in [-0.25, -0.2) is 0 Å². The minimum Gasteiger partial charge on any atom is -0.435 e. The summed E-state index contributed by atoms with van der Waals surface area (Å²) in [4.78, 5) is 0. The molecule has 21 heavy (non-hydrogen) atoms. The molecule has 1 atom stereocenters. The third-order valence-corrected chi connectivity index (χ3v) is 3.90. The summed E-state index contributed by atoms with van der Waals surface area (Å²) in [6, 6.07) is 7.06. The summed E-state index contributed by atoms with van der Waals surface area (Å²) >= 11 is 0. The van der Waals surface area contributed by atoms with Crippen LogP contribution in [0.5, 0.6) is 5.75 Å². The molecular weight excluding hydrogens is 272 g/mol. The molecule has 1 N–H and O–H groups in total. The van der Waals surface area contributed by atoms with Crippen molar-refractivity contribution in [1.29, 1.82) is 0 Å². The first-order valence-electron chi connectivity index (χ1n) is 7.61. The number of likely N-dealkylation sites (N-methyl/N-ethyl adjacent to an activating group) is 1. The highest BCUT2D eigenvalue weighted by molar-refractivity contribution is 5.35. The van der Waals surface area contributed by atoms with Gasteiger partial charge in [-0.1, -0.05) is 36.6 Å². The predicted molar refractivity (Wildman–Crippen MR) is 80.7 cm³/mol. The third kappa shape index (κ3) is 4.81. The zero-order chi connectivity index (χ0) is 15.1. The van der Waals surface area contributed by atoms with Crippen molar-refractivity contribution in [3.05, 3.63) is 41.5 Å². The molecule has 116 valence electrons. The smallest absolute Gasteiger partial charge is 0.387 e. The summed E-state index contributed by atoms with van der Waals surface area (Å²) in [6.45, 7) is -2.78. The van der Waals surface area contributed by atoms with Gasteiger partial charge in [-0.05, 0) is 50.4 Å². The Balaban J connectivity index is 2.19. The molecule has 1 aromatic carbocycles. The van der Waals surface area contributed by atoms with Crippen LogP contribution in [-0.2, 0) is 0 Å². The van der Waals surface area contributed by atoms with E-state index in [1.807, 2.05) is 13.1 Å². The number of allylic oxidation sites excluding steroid dienone is 1. The summed E-state index contributed by atoms with van der Waals surface area (Å²) in [7, 11) is 1.91. The molecule has 1 aliphatic carbocycles. The minimum absolute atomic E-state index is 0.0734. The van der Waals surface area contributed by atoms with Gasteiger partial charge < -0.3 is 10.1 Å². The fourth-order valence-electron chi connectivity index (χ4n) is 2.92. The topological polar surface area (TPSA) is 21.3 Å². The number of hydrogen-bond acceptors (Lipinski definition) is 2. The molecule has 0 spiro atoms. The van der Waals surface area contributed by atoms with E-state index in [9.17, 15) is 8.78 Å². The van der Waals surface area contributed by atoms with Crippen molar-refractivity contribution >= 4 is 0 Å². The van der Waals surface area contributed by atoms with E-state index in [2.05, 4.69) is 16.1 Å². The number of rotatable bonds is 5. The van der Waals surface area contributed by atoms with Gasteiger partial charge >= 0.3 is 6.61 Å². The SMILES string of the molecule is CNC(/C1=C/CCCCCC1)c1cccc(OC(F)F)c1. The highest BCUT2D eigenvalue weighted by Crippen LogP contribution is 2.30. The number of alkyl halides is 2. The number of benzene rings is 1. The maximum Gasteiger partial charge on any atom is 0.387 e. The van der Waals surface area contributed by atoms with Gasteiger partial charge in [0.05, 0.1) is 6.04 Å². The lowest BCUT2D eigenvalue weighted by Gasteiger charge is -2.23. The number of halogens is 2. The Labute approximate surface area is 125 Å². The van der Waals surface area contributed by atoms with Crippen LogP contribution in [0.4, 0.5) is 8.78 Å². The van der Waals surface area contributed by atoms with Crippen LogP contribution in [0.2, 0.25) is 0 Å². The Morgan fingerprint density at radius 2 is 1.95 bits per heavy atom. The third-order valence-electron chi connectivity index (χ3n) is 3.90. The van der Waals surface area contributed by atoms with E-state index in [-0.39, 0.29) is 11.8 Å². The Kier molecular flexibility index (Phi) is 6.18. The van der Waals surface area contributed by atoms with E-state index >= 15 is 0 Å². The zero-order valence-corrected chi connectivity index (χ0v) is 12.4. The van der Waals surface area contributed by atoms with Gasteiger partial charge in [-0.15, -0.1) is 0 Å². The van der Waals surface area contributed by atoms with E-state index in [0.717, 1.165) is 18.4 Å². The van der Waals surface area contributed by atoms with Gasteiger partial charge in [0, 0.05) is 0 Å². The lowest BCUT2D eigenvalue weighted by molar-refractivity contribution is -0.0498. The fourth-order valence-corrected chi connectivity index (χ4v) is 2.92. The fraction of sp³-hybridized carbons (Fsp3) is 0.529. The quantitative estimate of drug-likeness (QED) is 0.786. The number of ether oxygens (including phenoxy) is 1. The molecule has 0 saturated carbocycles. The summed E-state index contributed by atoms with van der Waals surface area (Å²) in [5.41, 5.74) is 2.33. The van der Waals surface area contributed by atoms with Crippen LogP contribution in [-0.4, -0.2) is 13.7 Å². The molecule has 0 saturated heterocycles. The molecule has 0 heterocycles. The summed E-state index contributed by atoms with van der Waals surface area (Å²) in [5, 5.41) is 3.31. The van der Waals surface area contributed by atoms with Crippen molar-refractivity contribution in [3.8, 4) is 5.75 Å².